The monoisotopic (exact) mass is 256 g/mol. The molecule has 0 bridgehead atoms. The van der Waals surface area contributed by atoms with E-state index in [0.717, 1.165) is 24.6 Å². The van der Waals surface area contributed by atoms with Gasteiger partial charge in [0.15, 0.2) is 0 Å². The Balaban J connectivity index is 2.00. The van der Waals surface area contributed by atoms with Gasteiger partial charge in [-0.3, -0.25) is 4.90 Å². The van der Waals surface area contributed by atoms with E-state index in [-0.39, 0.29) is 18.3 Å². The number of rotatable bonds is 3. The first-order chi connectivity index (χ1) is 7.98. The van der Waals surface area contributed by atoms with E-state index < -0.39 is 0 Å². The molecular weight excluding hydrogens is 236 g/mol. The summed E-state index contributed by atoms with van der Waals surface area (Å²) >= 11 is 1.73. The van der Waals surface area contributed by atoms with Crippen LogP contribution in [-0.2, 0) is 11.3 Å². The van der Waals surface area contributed by atoms with E-state index >= 15 is 0 Å². The quantitative estimate of drug-likeness (QED) is 0.888. The Morgan fingerprint density at radius 2 is 2.41 bits per heavy atom. The molecule has 0 saturated carbocycles. The highest BCUT2D eigenvalue weighted by Gasteiger charge is 2.33. The van der Waals surface area contributed by atoms with Gasteiger partial charge >= 0.3 is 0 Å². The fraction of sp³-hybridized carbons (Fsp3) is 0.750. The van der Waals surface area contributed by atoms with Crippen molar-refractivity contribution in [2.45, 2.75) is 39.0 Å². The molecule has 1 atom stereocenters. The van der Waals surface area contributed by atoms with Crippen molar-refractivity contribution >= 4 is 11.3 Å². The lowest BCUT2D eigenvalue weighted by Crippen LogP contribution is -2.53. The molecule has 1 aromatic heterocycles. The zero-order valence-corrected chi connectivity index (χ0v) is 11.5. The number of morpholine rings is 1. The van der Waals surface area contributed by atoms with E-state index in [0.29, 0.717) is 0 Å². The van der Waals surface area contributed by atoms with Crippen molar-refractivity contribution in [3.8, 4) is 0 Å². The van der Waals surface area contributed by atoms with Crippen LogP contribution in [0, 0.1) is 6.92 Å². The minimum atomic E-state index is -0.189. The van der Waals surface area contributed by atoms with Crippen molar-refractivity contribution in [3.05, 3.63) is 16.1 Å². The van der Waals surface area contributed by atoms with Crippen LogP contribution in [0.25, 0.3) is 0 Å². The first-order valence-electron chi connectivity index (χ1n) is 5.91. The molecule has 1 saturated heterocycles. The summed E-state index contributed by atoms with van der Waals surface area (Å²) in [5, 5.41) is 10.4. The van der Waals surface area contributed by atoms with Gasteiger partial charge in [0.05, 0.1) is 23.3 Å². The molecule has 0 aromatic carbocycles. The number of aromatic nitrogens is 1. The number of hydrogen-bond donors (Lipinski definition) is 1. The van der Waals surface area contributed by atoms with E-state index in [4.69, 9.17) is 4.74 Å². The standard InChI is InChI=1S/C12H20N2O2S/c1-9-13-4-11(17-9)6-14-5-10(7-15)16-12(2,3)8-14/h4,10,15H,5-8H2,1-3H3. The van der Waals surface area contributed by atoms with Crippen molar-refractivity contribution in [3.63, 3.8) is 0 Å². The lowest BCUT2D eigenvalue weighted by atomic mass is 10.1. The zero-order chi connectivity index (χ0) is 12.5. The van der Waals surface area contributed by atoms with Gasteiger partial charge in [0, 0.05) is 30.7 Å². The largest absolute Gasteiger partial charge is 0.394 e. The molecule has 4 nitrogen and oxygen atoms in total. The first-order valence-corrected chi connectivity index (χ1v) is 6.72. The summed E-state index contributed by atoms with van der Waals surface area (Å²) < 4.78 is 5.79. The molecule has 1 N–H and O–H groups in total. The van der Waals surface area contributed by atoms with E-state index in [1.807, 2.05) is 13.1 Å². The molecule has 1 unspecified atom stereocenters. The Labute approximate surface area is 106 Å². The Morgan fingerprint density at radius 1 is 1.65 bits per heavy atom. The van der Waals surface area contributed by atoms with Gasteiger partial charge in [0.2, 0.25) is 0 Å². The summed E-state index contributed by atoms with van der Waals surface area (Å²) in [5.41, 5.74) is -0.189. The molecule has 0 aliphatic carbocycles. The van der Waals surface area contributed by atoms with Gasteiger partial charge in [-0.05, 0) is 20.8 Å². The number of nitrogens with zero attached hydrogens (tertiary/aromatic N) is 2. The smallest absolute Gasteiger partial charge is 0.0940 e. The predicted octanol–water partition coefficient (Wildman–Crippen LogP) is 1.42. The predicted molar refractivity (Wildman–Crippen MR) is 68.2 cm³/mol. The van der Waals surface area contributed by atoms with Gasteiger partial charge in [-0.25, -0.2) is 4.98 Å². The van der Waals surface area contributed by atoms with Crippen molar-refractivity contribution in [1.29, 1.82) is 0 Å². The van der Waals surface area contributed by atoms with E-state index in [1.165, 1.54) is 4.88 Å². The van der Waals surface area contributed by atoms with E-state index in [2.05, 4.69) is 23.7 Å². The molecule has 1 aliphatic rings. The highest BCUT2D eigenvalue weighted by atomic mass is 32.1. The molecule has 2 heterocycles. The summed E-state index contributed by atoms with van der Waals surface area (Å²) in [6.45, 7) is 8.82. The minimum absolute atomic E-state index is 0.0761. The van der Waals surface area contributed by atoms with Crippen LogP contribution in [0.2, 0.25) is 0 Å². The fourth-order valence-electron chi connectivity index (χ4n) is 2.33. The number of aliphatic hydroxyl groups is 1. The molecule has 1 fully saturated rings. The molecule has 5 heteroatoms. The van der Waals surface area contributed by atoms with E-state index in [1.54, 1.807) is 11.3 Å². The Hall–Kier alpha value is -0.490. The van der Waals surface area contributed by atoms with Crippen molar-refractivity contribution in [2.24, 2.45) is 0 Å². The number of hydrogen-bond acceptors (Lipinski definition) is 5. The van der Waals surface area contributed by atoms with Gasteiger partial charge in [0.25, 0.3) is 0 Å². The maximum atomic E-state index is 9.25. The molecule has 0 spiro atoms. The van der Waals surface area contributed by atoms with Crippen LogP contribution in [0.4, 0.5) is 0 Å². The minimum Gasteiger partial charge on any atom is -0.394 e. The highest BCUT2D eigenvalue weighted by molar-refractivity contribution is 7.11. The molecule has 96 valence electrons. The number of thiazole rings is 1. The van der Waals surface area contributed by atoms with Gasteiger partial charge in [0.1, 0.15) is 0 Å². The third kappa shape index (κ3) is 3.48. The number of ether oxygens (including phenoxy) is 1. The second-order valence-electron chi connectivity index (χ2n) is 5.20. The SMILES string of the molecule is Cc1ncc(CN2CC(CO)OC(C)(C)C2)s1. The average molecular weight is 256 g/mol. The fourth-order valence-corrected chi connectivity index (χ4v) is 3.17. The van der Waals surface area contributed by atoms with Gasteiger partial charge in [-0.15, -0.1) is 11.3 Å². The summed E-state index contributed by atoms with van der Waals surface area (Å²) in [4.78, 5) is 7.87. The second kappa shape index (κ2) is 5.02. The van der Waals surface area contributed by atoms with Gasteiger partial charge < -0.3 is 9.84 Å². The van der Waals surface area contributed by atoms with Gasteiger partial charge in [-0.2, -0.15) is 0 Å². The summed E-state index contributed by atoms with van der Waals surface area (Å²) in [7, 11) is 0. The van der Waals surface area contributed by atoms with Gasteiger partial charge in [-0.1, -0.05) is 0 Å². The second-order valence-corrected chi connectivity index (χ2v) is 6.52. The summed E-state index contributed by atoms with van der Waals surface area (Å²) in [5.74, 6) is 0. The van der Waals surface area contributed by atoms with Crippen LogP contribution in [0.1, 0.15) is 23.7 Å². The average Bonchev–Trinajstić information content (AvgIpc) is 2.61. The van der Waals surface area contributed by atoms with Crippen LogP contribution in [-0.4, -0.2) is 46.4 Å². The lowest BCUT2D eigenvalue weighted by Gasteiger charge is -2.42. The summed E-state index contributed by atoms with van der Waals surface area (Å²) in [6.07, 6.45) is 1.86. The topological polar surface area (TPSA) is 45.6 Å². The molecule has 17 heavy (non-hydrogen) atoms. The molecular formula is C12H20N2O2S. The maximum Gasteiger partial charge on any atom is 0.0940 e. The van der Waals surface area contributed by atoms with Crippen LogP contribution >= 0.6 is 11.3 Å². The number of aryl methyl sites for hydroxylation is 1. The highest BCUT2D eigenvalue weighted by Crippen LogP contribution is 2.23. The van der Waals surface area contributed by atoms with E-state index in [9.17, 15) is 5.11 Å². The van der Waals surface area contributed by atoms with Crippen LogP contribution in [0.3, 0.4) is 0 Å². The third-order valence-corrected chi connectivity index (χ3v) is 3.70. The molecule has 1 aliphatic heterocycles. The molecule has 0 radical (unpaired) electrons. The van der Waals surface area contributed by atoms with Crippen LogP contribution in [0.15, 0.2) is 6.20 Å². The Kier molecular flexibility index (Phi) is 3.82. The first kappa shape index (κ1) is 13.0. The zero-order valence-electron chi connectivity index (χ0n) is 10.6. The van der Waals surface area contributed by atoms with Crippen molar-refractivity contribution in [1.82, 2.24) is 9.88 Å². The normalized spacial score (nSPS) is 25.1. The molecule has 1 aromatic rings. The van der Waals surface area contributed by atoms with Crippen molar-refractivity contribution in [2.75, 3.05) is 19.7 Å². The Bertz CT molecular complexity index is 378. The maximum absolute atomic E-state index is 9.25. The Morgan fingerprint density at radius 3 is 3.00 bits per heavy atom. The molecule has 0 amide bonds. The van der Waals surface area contributed by atoms with Crippen molar-refractivity contribution < 1.29 is 9.84 Å². The third-order valence-electron chi connectivity index (χ3n) is 2.80. The molecule has 2 rings (SSSR count). The number of aliphatic hydroxyl groups excluding tert-OH is 1. The lowest BCUT2D eigenvalue weighted by molar-refractivity contribution is -0.150. The summed E-state index contributed by atoms with van der Waals surface area (Å²) in [6, 6.07) is 0. The van der Waals surface area contributed by atoms with Crippen LogP contribution in [0.5, 0.6) is 0 Å². The van der Waals surface area contributed by atoms with Crippen LogP contribution < -0.4 is 0 Å².